The number of nitrogens with zero attached hydrogens (tertiary/aromatic N) is 1. The number of carboxylic acid groups (broad SMARTS) is 2. The maximum Gasteiger partial charge on any atom is 0.327 e. The number of aliphatic carboxylic acids is 2. The molecule has 0 aromatic heterocycles. The summed E-state index contributed by atoms with van der Waals surface area (Å²) in [6.45, 7) is 0. The van der Waals surface area contributed by atoms with E-state index in [1.807, 2.05) is 0 Å². The fraction of sp³-hybridized carbons (Fsp3) is 0.267. The van der Waals surface area contributed by atoms with E-state index in [-0.39, 0.29) is 17.9 Å². The molecular formula is C15H15NO6S. The van der Waals surface area contributed by atoms with Gasteiger partial charge in [0.25, 0.3) is 0 Å². The number of amides is 1. The van der Waals surface area contributed by atoms with Crippen molar-refractivity contribution in [3.05, 3.63) is 42.0 Å². The summed E-state index contributed by atoms with van der Waals surface area (Å²) < 4.78 is 0. The molecule has 1 saturated heterocycles. The van der Waals surface area contributed by atoms with Crippen LogP contribution in [-0.4, -0.2) is 49.9 Å². The minimum Gasteiger partial charge on any atom is -0.508 e. The molecule has 0 aliphatic carbocycles. The second-order valence-corrected chi connectivity index (χ2v) is 5.99. The van der Waals surface area contributed by atoms with Crippen LogP contribution in [0.2, 0.25) is 0 Å². The number of phenols is 1. The van der Waals surface area contributed by atoms with E-state index in [0.717, 1.165) is 6.08 Å². The molecule has 8 heteroatoms. The van der Waals surface area contributed by atoms with Gasteiger partial charge in [0.05, 0.1) is 0 Å². The molecule has 0 bridgehead atoms. The summed E-state index contributed by atoms with van der Waals surface area (Å²) in [7, 11) is 0. The standard InChI is InChI=1S/C15H15NO6S/c17-10-4-1-3-9(7-10)14-16(11(8-23-14)15(21)22)12(18)5-2-6-13(19)20/h1-4,6-7,11,14,17H,5,8H2,(H,19,20)(H,21,22)/t11-,14?/m0/s1. The Morgan fingerprint density at radius 1 is 1.30 bits per heavy atom. The molecule has 1 aromatic rings. The lowest BCUT2D eigenvalue weighted by molar-refractivity contribution is -0.148. The molecule has 2 atom stereocenters. The lowest BCUT2D eigenvalue weighted by Crippen LogP contribution is -2.42. The summed E-state index contributed by atoms with van der Waals surface area (Å²) in [5.74, 6) is -2.51. The Balaban J connectivity index is 2.25. The summed E-state index contributed by atoms with van der Waals surface area (Å²) in [4.78, 5) is 35.4. The lowest BCUT2D eigenvalue weighted by Gasteiger charge is -2.27. The fourth-order valence-corrected chi connectivity index (χ4v) is 3.73. The number of thioether (sulfide) groups is 1. The predicted molar refractivity (Wildman–Crippen MR) is 83.0 cm³/mol. The number of benzene rings is 1. The second kappa shape index (κ2) is 7.19. The lowest BCUT2D eigenvalue weighted by atomic mass is 10.1. The molecule has 0 radical (unpaired) electrons. The van der Waals surface area contributed by atoms with Crippen molar-refractivity contribution in [3.63, 3.8) is 0 Å². The van der Waals surface area contributed by atoms with Gasteiger partial charge in [-0.15, -0.1) is 11.8 Å². The van der Waals surface area contributed by atoms with E-state index in [1.54, 1.807) is 12.1 Å². The first-order valence-corrected chi connectivity index (χ1v) is 7.79. The number of carbonyl (C=O) groups is 3. The number of hydrogen-bond acceptors (Lipinski definition) is 5. The highest BCUT2D eigenvalue weighted by Gasteiger charge is 2.41. The van der Waals surface area contributed by atoms with Gasteiger partial charge in [-0.1, -0.05) is 18.2 Å². The third-order valence-corrected chi connectivity index (χ3v) is 4.60. The number of aromatic hydroxyl groups is 1. The average Bonchev–Trinajstić information content (AvgIpc) is 2.91. The van der Waals surface area contributed by atoms with Gasteiger partial charge in [0.1, 0.15) is 17.2 Å². The van der Waals surface area contributed by atoms with Crippen LogP contribution in [0.4, 0.5) is 0 Å². The largest absolute Gasteiger partial charge is 0.508 e. The van der Waals surface area contributed by atoms with Gasteiger partial charge in [-0.2, -0.15) is 0 Å². The monoisotopic (exact) mass is 337 g/mol. The molecule has 1 unspecified atom stereocenters. The molecule has 1 aliphatic heterocycles. The van der Waals surface area contributed by atoms with Crippen LogP contribution in [0, 0.1) is 0 Å². The molecule has 1 aromatic carbocycles. The molecule has 1 amide bonds. The Hall–Kier alpha value is -2.48. The van der Waals surface area contributed by atoms with Crippen molar-refractivity contribution in [1.82, 2.24) is 4.90 Å². The van der Waals surface area contributed by atoms with Crippen LogP contribution in [0.1, 0.15) is 17.4 Å². The smallest absolute Gasteiger partial charge is 0.327 e. The van der Waals surface area contributed by atoms with Crippen molar-refractivity contribution in [2.24, 2.45) is 0 Å². The molecule has 2 rings (SSSR count). The molecule has 0 spiro atoms. The van der Waals surface area contributed by atoms with E-state index in [0.29, 0.717) is 5.56 Å². The van der Waals surface area contributed by atoms with Crippen molar-refractivity contribution >= 4 is 29.6 Å². The van der Waals surface area contributed by atoms with Crippen molar-refractivity contribution in [1.29, 1.82) is 0 Å². The van der Waals surface area contributed by atoms with Gasteiger partial charge in [0.15, 0.2) is 0 Å². The van der Waals surface area contributed by atoms with Crippen LogP contribution in [0.3, 0.4) is 0 Å². The highest BCUT2D eigenvalue weighted by Crippen LogP contribution is 2.42. The summed E-state index contributed by atoms with van der Waals surface area (Å²) in [5, 5.41) is 26.9. The Morgan fingerprint density at radius 2 is 2.04 bits per heavy atom. The molecule has 3 N–H and O–H groups in total. The third-order valence-electron chi connectivity index (χ3n) is 3.28. The van der Waals surface area contributed by atoms with Crippen LogP contribution in [0.25, 0.3) is 0 Å². The number of hydrogen-bond donors (Lipinski definition) is 3. The predicted octanol–water partition coefficient (Wildman–Crippen LogP) is 1.45. The Bertz CT molecular complexity index is 659. The van der Waals surface area contributed by atoms with Crippen molar-refractivity contribution in [2.45, 2.75) is 17.8 Å². The minimum absolute atomic E-state index is 0.0278. The van der Waals surface area contributed by atoms with Gasteiger partial charge in [-0.05, 0) is 17.7 Å². The van der Waals surface area contributed by atoms with Crippen LogP contribution in [0.15, 0.2) is 36.4 Å². The van der Waals surface area contributed by atoms with Gasteiger partial charge < -0.3 is 20.2 Å². The summed E-state index contributed by atoms with van der Waals surface area (Å²) in [5.41, 5.74) is 0.620. The minimum atomic E-state index is -1.17. The van der Waals surface area contributed by atoms with Gasteiger partial charge >= 0.3 is 11.9 Å². The normalized spacial score (nSPS) is 20.8. The van der Waals surface area contributed by atoms with E-state index < -0.39 is 29.3 Å². The zero-order valence-electron chi connectivity index (χ0n) is 12.0. The number of carbonyl (C=O) groups excluding carboxylic acids is 1. The molecule has 0 saturated carbocycles. The van der Waals surface area contributed by atoms with Crippen molar-refractivity contribution in [2.75, 3.05) is 5.75 Å². The maximum atomic E-state index is 12.4. The van der Waals surface area contributed by atoms with Crippen molar-refractivity contribution in [3.8, 4) is 5.75 Å². The average molecular weight is 337 g/mol. The molecule has 122 valence electrons. The van der Waals surface area contributed by atoms with E-state index in [9.17, 15) is 24.6 Å². The van der Waals surface area contributed by atoms with Gasteiger partial charge in [-0.25, -0.2) is 9.59 Å². The topological polar surface area (TPSA) is 115 Å². The molecule has 7 nitrogen and oxygen atoms in total. The fourth-order valence-electron chi connectivity index (χ4n) is 2.30. The summed E-state index contributed by atoms with van der Waals surface area (Å²) in [6.07, 6.45) is 1.83. The van der Waals surface area contributed by atoms with Crippen molar-refractivity contribution < 1.29 is 29.7 Å². The molecule has 1 fully saturated rings. The van der Waals surface area contributed by atoms with Gasteiger partial charge in [0.2, 0.25) is 5.91 Å². The Morgan fingerprint density at radius 3 is 2.65 bits per heavy atom. The van der Waals surface area contributed by atoms with E-state index >= 15 is 0 Å². The number of rotatable bonds is 5. The van der Waals surface area contributed by atoms with Crippen LogP contribution < -0.4 is 0 Å². The van der Waals surface area contributed by atoms with Crippen LogP contribution >= 0.6 is 11.8 Å². The Kier molecular flexibility index (Phi) is 5.28. The Labute approximate surface area is 136 Å². The molecule has 23 heavy (non-hydrogen) atoms. The van der Waals surface area contributed by atoms with Gasteiger partial charge in [0, 0.05) is 18.2 Å². The first-order valence-electron chi connectivity index (χ1n) is 6.74. The first-order chi connectivity index (χ1) is 10.9. The number of phenolic OH excluding ortho intramolecular Hbond substituents is 1. The highest BCUT2D eigenvalue weighted by atomic mass is 32.2. The van der Waals surface area contributed by atoms with Crippen LogP contribution in [0.5, 0.6) is 5.75 Å². The SMILES string of the molecule is O=C(O)C=CCC(=O)N1C(c2cccc(O)c2)SC[C@H]1C(=O)O. The highest BCUT2D eigenvalue weighted by molar-refractivity contribution is 7.99. The zero-order chi connectivity index (χ0) is 17.0. The van der Waals surface area contributed by atoms with Crippen LogP contribution in [-0.2, 0) is 14.4 Å². The number of carboxylic acids is 2. The molecule has 1 aliphatic rings. The quantitative estimate of drug-likeness (QED) is 0.697. The van der Waals surface area contributed by atoms with E-state index in [4.69, 9.17) is 5.11 Å². The third kappa shape index (κ3) is 4.04. The molecule has 1 heterocycles. The first kappa shape index (κ1) is 16.9. The summed E-state index contributed by atoms with van der Waals surface area (Å²) in [6, 6.07) is 5.30. The van der Waals surface area contributed by atoms with Gasteiger partial charge in [-0.3, -0.25) is 4.79 Å². The van der Waals surface area contributed by atoms with E-state index in [2.05, 4.69) is 0 Å². The second-order valence-electron chi connectivity index (χ2n) is 4.88. The van der Waals surface area contributed by atoms with E-state index in [1.165, 1.54) is 34.9 Å². The molecular weight excluding hydrogens is 322 g/mol. The summed E-state index contributed by atoms with van der Waals surface area (Å²) >= 11 is 1.29. The maximum absolute atomic E-state index is 12.4. The zero-order valence-corrected chi connectivity index (χ0v) is 12.8.